The summed E-state index contributed by atoms with van der Waals surface area (Å²) in [6.07, 6.45) is 14.4. The number of sulfonamides is 1. The minimum absolute atomic E-state index is 0.0345. The molecule has 0 aliphatic heterocycles. The van der Waals surface area contributed by atoms with E-state index in [1.54, 1.807) is 54.9 Å². The lowest BCUT2D eigenvalue weighted by molar-refractivity contribution is -0.139. The zero-order valence-electron chi connectivity index (χ0n) is 23.7. The van der Waals surface area contributed by atoms with Gasteiger partial charge in [0.05, 0.1) is 0 Å². The van der Waals surface area contributed by atoms with E-state index < -0.39 is 22.6 Å². The van der Waals surface area contributed by atoms with Crippen LogP contribution in [0.15, 0.2) is 96.4 Å². The molecule has 10 heteroatoms. The lowest BCUT2D eigenvalue weighted by atomic mass is 10.1. The second-order valence-corrected chi connectivity index (χ2v) is 10.5. The Balaban J connectivity index is 0.000000477. The Morgan fingerprint density at radius 2 is 1.38 bits per heavy atom. The van der Waals surface area contributed by atoms with Gasteiger partial charge in [-0.25, -0.2) is 28.2 Å². The van der Waals surface area contributed by atoms with Gasteiger partial charge in [-0.15, -0.1) is 12.8 Å². The van der Waals surface area contributed by atoms with Crippen LogP contribution in [0.5, 0.6) is 5.75 Å². The zero-order valence-corrected chi connectivity index (χ0v) is 24.5. The van der Waals surface area contributed by atoms with Crippen LogP contribution in [0.3, 0.4) is 0 Å². The van der Waals surface area contributed by atoms with Gasteiger partial charge in [-0.1, -0.05) is 42.5 Å². The first-order valence-electron chi connectivity index (χ1n) is 13.0. The minimum Gasteiger partial charge on any atom is -0.482 e. The molecule has 9 nitrogen and oxygen atoms in total. The van der Waals surface area contributed by atoms with Crippen molar-refractivity contribution in [3.05, 3.63) is 103 Å². The lowest BCUT2D eigenvalue weighted by Crippen LogP contribution is -2.31. The van der Waals surface area contributed by atoms with Gasteiger partial charge >= 0.3 is 5.97 Å². The van der Waals surface area contributed by atoms with E-state index in [0.717, 1.165) is 11.1 Å². The molecule has 0 aliphatic rings. The molecule has 4 rings (SSSR count). The first kappa shape index (κ1) is 33.2. The monoisotopic (exact) mass is 612 g/mol. The fourth-order valence-electron chi connectivity index (χ4n) is 3.55. The molecule has 2 heterocycles. The van der Waals surface area contributed by atoms with Gasteiger partial charge in [0.1, 0.15) is 5.75 Å². The van der Waals surface area contributed by atoms with Gasteiger partial charge in [0.2, 0.25) is 0 Å². The molecule has 0 unspecified atom stereocenters. The van der Waals surface area contributed by atoms with Crippen molar-refractivity contribution in [2.75, 3.05) is 6.61 Å². The number of aromatic nitrogens is 3. The van der Waals surface area contributed by atoms with Gasteiger partial charge in [0.15, 0.2) is 17.5 Å². The highest BCUT2D eigenvalue weighted by Crippen LogP contribution is 2.23. The van der Waals surface area contributed by atoms with E-state index in [9.17, 15) is 13.2 Å². The van der Waals surface area contributed by atoms with Crippen LogP contribution in [-0.2, 0) is 27.9 Å². The fourth-order valence-corrected chi connectivity index (χ4v) is 4.90. The molecule has 45 heavy (non-hydrogen) atoms. The lowest BCUT2D eigenvalue weighted by Gasteiger charge is -2.22. The zero-order chi connectivity index (χ0) is 32.3. The van der Waals surface area contributed by atoms with Crippen LogP contribution in [0.1, 0.15) is 11.1 Å². The molecule has 0 radical (unpaired) electrons. The number of carboxylic acids is 1. The van der Waals surface area contributed by atoms with Crippen LogP contribution in [0.4, 0.5) is 0 Å². The molecule has 0 bridgehead atoms. The van der Waals surface area contributed by atoms with E-state index in [2.05, 4.69) is 62.3 Å². The number of hydrogen-bond donors (Lipinski definition) is 1. The molecule has 2 aromatic carbocycles. The van der Waals surface area contributed by atoms with Crippen molar-refractivity contribution in [1.82, 2.24) is 19.3 Å². The highest BCUT2D eigenvalue weighted by atomic mass is 32.2. The maximum atomic E-state index is 13.5. The van der Waals surface area contributed by atoms with Crippen LogP contribution in [0.25, 0.3) is 11.4 Å². The topological polar surface area (TPSA) is 123 Å². The molecular formula is C35H24N4O5S. The summed E-state index contributed by atoms with van der Waals surface area (Å²) in [5.74, 6) is 18.2. The van der Waals surface area contributed by atoms with Crippen molar-refractivity contribution in [1.29, 1.82) is 0 Å². The summed E-state index contributed by atoms with van der Waals surface area (Å²) < 4.78 is 33.5. The highest BCUT2D eigenvalue weighted by Gasteiger charge is 2.26. The number of hydrogen-bond acceptors (Lipinski definition) is 7. The first-order valence-corrected chi connectivity index (χ1v) is 14.4. The molecular weight excluding hydrogens is 588 g/mol. The van der Waals surface area contributed by atoms with Crippen molar-refractivity contribution in [2.45, 2.75) is 18.1 Å². The van der Waals surface area contributed by atoms with E-state index in [4.69, 9.17) is 22.7 Å². The molecule has 0 saturated heterocycles. The molecule has 2 aromatic heterocycles. The van der Waals surface area contributed by atoms with Crippen LogP contribution in [0, 0.1) is 60.2 Å². The summed E-state index contributed by atoms with van der Waals surface area (Å²) in [6, 6.07) is 20.5. The molecule has 0 saturated carbocycles. The maximum absolute atomic E-state index is 13.5. The number of benzene rings is 2. The summed E-state index contributed by atoms with van der Waals surface area (Å²) in [5, 5.41) is 8.79. The van der Waals surface area contributed by atoms with E-state index in [0.29, 0.717) is 17.1 Å². The molecule has 220 valence electrons. The van der Waals surface area contributed by atoms with Gasteiger partial charge in [-0.05, 0) is 88.8 Å². The van der Waals surface area contributed by atoms with Crippen LogP contribution in [-0.4, -0.2) is 45.4 Å². The Kier molecular flexibility index (Phi) is 12.9. The Hall–Kier alpha value is -6.35. The third-order valence-electron chi connectivity index (χ3n) is 5.46. The van der Waals surface area contributed by atoms with Crippen LogP contribution >= 0.6 is 0 Å². The number of carboxylic acid groups (broad SMARTS) is 1. The van der Waals surface area contributed by atoms with Crippen molar-refractivity contribution >= 4 is 16.0 Å². The number of nitrogens with zero attached hydrogens (tertiary/aromatic N) is 4. The van der Waals surface area contributed by atoms with Crippen LogP contribution < -0.4 is 4.74 Å². The summed E-state index contributed by atoms with van der Waals surface area (Å²) in [6.45, 7) is -0.362. The van der Waals surface area contributed by atoms with Gasteiger partial charge in [0.25, 0.3) is 10.0 Å². The number of pyridine rings is 1. The standard InChI is InChI=1S/C25H22N4O5S.C10H2/c30-24(31)18-34-22-6-3-5-20(15-22)17-29(35(32,33)23-7-1-2-12-26-23)16-19-8-10-21(11-9-19)25-27-13-4-14-28-25;1-3-5-7-9-10-8-6-4-2/h1-15H,16-18H2,(H,30,31);1-2H. The van der Waals surface area contributed by atoms with Gasteiger partial charge < -0.3 is 9.84 Å². The second-order valence-electron chi connectivity index (χ2n) is 8.58. The normalized spacial score (nSPS) is 9.58. The average molecular weight is 613 g/mol. The summed E-state index contributed by atoms with van der Waals surface area (Å²) in [7, 11) is -3.94. The first-order chi connectivity index (χ1) is 21.8. The number of rotatable bonds is 10. The molecule has 4 aromatic rings. The Morgan fingerprint density at radius 1 is 0.756 bits per heavy atom. The van der Waals surface area contributed by atoms with E-state index in [1.165, 1.54) is 16.6 Å². The van der Waals surface area contributed by atoms with E-state index >= 15 is 0 Å². The number of carbonyl (C=O) groups is 1. The molecule has 1 N–H and O–H groups in total. The molecule has 0 spiro atoms. The van der Waals surface area contributed by atoms with Crippen LogP contribution in [0.2, 0.25) is 0 Å². The smallest absolute Gasteiger partial charge is 0.341 e. The van der Waals surface area contributed by atoms with E-state index in [1.807, 2.05) is 24.3 Å². The van der Waals surface area contributed by atoms with Gasteiger partial charge in [-0.3, -0.25) is 0 Å². The van der Waals surface area contributed by atoms with Gasteiger partial charge in [-0.2, -0.15) is 4.31 Å². The summed E-state index contributed by atoms with van der Waals surface area (Å²) in [5.41, 5.74) is 2.22. The maximum Gasteiger partial charge on any atom is 0.341 e. The summed E-state index contributed by atoms with van der Waals surface area (Å²) >= 11 is 0. The fraction of sp³-hybridized carbons (Fsp3) is 0.0857. The second kappa shape index (κ2) is 17.6. The largest absolute Gasteiger partial charge is 0.482 e. The third kappa shape index (κ3) is 11.1. The molecule has 0 fully saturated rings. The number of ether oxygens (including phenoxy) is 1. The SMILES string of the molecule is C#CC#CC#CC#CC#C.O=C(O)COc1cccc(CN(Cc2ccc(-c3ncccn3)cc2)S(=O)(=O)c2ccccn2)c1. The van der Waals surface area contributed by atoms with Crippen molar-refractivity contribution in [3.63, 3.8) is 0 Å². The summed E-state index contributed by atoms with van der Waals surface area (Å²) in [4.78, 5) is 23.3. The molecule has 0 amide bonds. The number of terminal acetylenes is 2. The van der Waals surface area contributed by atoms with Crippen molar-refractivity contribution in [2.24, 2.45) is 0 Å². The van der Waals surface area contributed by atoms with Crippen molar-refractivity contribution < 1.29 is 23.1 Å². The predicted molar refractivity (Wildman–Crippen MR) is 169 cm³/mol. The van der Waals surface area contributed by atoms with E-state index in [-0.39, 0.29) is 18.1 Å². The predicted octanol–water partition coefficient (Wildman–Crippen LogP) is 3.66. The average Bonchev–Trinajstić information content (AvgIpc) is 3.07. The Bertz CT molecular complexity index is 1950. The Morgan fingerprint density at radius 3 is 1.98 bits per heavy atom. The highest BCUT2D eigenvalue weighted by molar-refractivity contribution is 7.89. The minimum atomic E-state index is -3.94. The molecule has 0 aliphatic carbocycles. The molecule has 0 atom stereocenters. The number of aliphatic carboxylic acids is 1. The third-order valence-corrected chi connectivity index (χ3v) is 7.16. The quantitative estimate of drug-likeness (QED) is 0.270. The van der Waals surface area contributed by atoms with Crippen molar-refractivity contribution in [3.8, 4) is 77.3 Å². The van der Waals surface area contributed by atoms with Gasteiger partial charge in [0, 0.05) is 37.2 Å². The Labute approximate surface area is 262 Å².